The number of hydrogen-bond donors (Lipinski definition) is 2. The van der Waals surface area contributed by atoms with E-state index in [1.54, 1.807) is 12.1 Å². The van der Waals surface area contributed by atoms with E-state index in [2.05, 4.69) is 10.2 Å². The highest BCUT2D eigenvalue weighted by atomic mass is 16.2. The molecule has 0 radical (unpaired) electrons. The second-order valence-electron chi connectivity index (χ2n) is 8.03. The molecule has 140 valence electrons. The molecule has 1 unspecified atom stereocenters. The lowest BCUT2D eigenvalue weighted by Gasteiger charge is -2.40. The molecule has 1 aromatic rings. The quantitative estimate of drug-likeness (QED) is 0.712. The molecule has 1 aromatic carbocycles. The highest BCUT2D eigenvalue weighted by Gasteiger charge is 2.50. The van der Waals surface area contributed by atoms with Crippen molar-refractivity contribution in [2.45, 2.75) is 37.3 Å². The minimum atomic E-state index is -0.937. The second kappa shape index (κ2) is 5.39. The Hall–Kier alpha value is -2.74. The van der Waals surface area contributed by atoms with Crippen LogP contribution in [0.2, 0.25) is 0 Å². The number of carbonyl (C=O) groups excluding carboxylic acids is 4. The van der Waals surface area contributed by atoms with Crippen LogP contribution >= 0.6 is 0 Å². The normalized spacial score (nSPS) is 32.3. The molecule has 3 N–H and O–H groups in total. The molecular weight excluding hydrogens is 348 g/mol. The molecule has 2 saturated heterocycles. The SMILES string of the molecule is N[C@]12CC[C@H]1CN(c1ccc3c(c1)C(=O)N(C1CCC(=O)NC1=O)C3=O)C2. The monoisotopic (exact) mass is 368 g/mol. The van der Waals surface area contributed by atoms with Crippen LogP contribution in [0.5, 0.6) is 0 Å². The Bertz CT molecular complexity index is 913. The number of nitrogens with two attached hydrogens (primary N) is 1. The predicted octanol–water partition coefficient (Wildman–Crippen LogP) is 0.0153. The number of amides is 4. The Morgan fingerprint density at radius 3 is 2.48 bits per heavy atom. The number of nitrogens with zero attached hydrogens (tertiary/aromatic N) is 2. The summed E-state index contributed by atoms with van der Waals surface area (Å²) in [4.78, 5) is 52.3. The largest absolute Gasteiger partial charge is 0.369 e. The number of imide groups is 2. The fraction of sp³-hybridized carbons (Fsp3) is 0.474. The standard InChI is InChI=1S/C19H20N4O4/c20-19-6-5-10(19)8-22(9-19)11-1-2-12-13(7-11)18(27)23(17(12)26)14-3-4-15(24)21-16(14)25/h1-2,7,10,14H,3-6,8-9,20H2,(H,21,24,25)/t10-,14?,19-/m0/s1. The summed E-state index contributed by atoms with van der Waals surface area (Å²) < 4.78 is 0. The van der Waals surface area contributed by atoms with Crippen molar-refractivity contribution < 1.29 is 19.2 Å². The van der Waals surface area contributed by atoms with E-state index in [1.807, 2.05) is 6.07 Å². The van der Waals surface area contributed by atoms with E-state index in [0.29, 0.717) is 17.0 Å². The highest BCUT2D eigenvalue weighted by molar-refractivity contribution is 6.23. The van der Waals surface area contributed by atoms with Crippen LogP contribution < -0.4 is 16.0 Å². The molecule has 3 fully saturated rings. The molecule has 0 aromatic heterocycles. The van der Waals surface area contributed by atoms with Gasteiger partial charge in [0.1, 0.15) is 6.04 Å². The van der Waals surface area contributed by atoms with Gasteiger partial charge >= 0.3 is 0 Å². The third-order valence-electron chi connectivity index (χ3n) is 6.49. The lowest BCUT2D eigenvalue weighted by atomic mass is 9.70. The number of piperidine rings is 1. The summed E-state index contributed by atoms with van der Waals surface area (Å²) in [7, 11) is 0. The highest BCUT2D eigenvalue weighted by Crippen LogP contribution is 2.44. The van der Waals surface area contributed by atoms with Gasteiger partial charge in [-0.15, -0.1) is 0 Å². The van der Waals surface area contributed by atoms with Crippen LogP contribution in [0.15, 0.2) is 18.2 Å². The number of rotatable bonds is 2. The molecular formula is C19H20N4O4. The second-order valence-corrected chi connectivity index (χ2v) is 8.03. The molecule has 3 heterocycles. The van der Waals surface area contributed by atoms with Crippen LogP contribution in [-0.2, 0) is 9.59 Å². The van der Waals surface area contributed by atoms with Crippen molar-refractivity contribution in [1.29, 1.82) is 0 Å². The summed E-state index contributed by atoms with van der Waals surface area (Å²) in [6.07, 6.45) is 2.41. The van der Waals surface area contributed by atoms with E-state index in [9.17, 15) is 19.2 Å². The molecule has 3 aliphatic heterocycles. The molecule has 3 atom stereocenters. The first kappa shape index (κ1) is 16.4. The van der Waals surface area contributed by atoms with Crippen molar-refractivity contribution in [2.75, 3.05) is 18.0 Å². The van der Waals surface area contributed by atoms with E-state index in [0.717, 1.165) is 36.5 Å². The summed E-state index contributed by atoms with van der Waals surface area (Å²) in [5, 5.41) is 2.20. The first-order valence-corrected chi connectivity index (χ1v) is 9.27. The van der Waals surface area contributed by atoms with Gasteiger partial charge in [0.2, 0.25) is 11.8 Å². The van der Waals surface area contributed by atoms with Gasteiger partial charge in [-0.25, -0.2) is 0 Å². The van der Waals surface area contributed by atoms with Gasteiger partial charge in [-0.2, -0.15) is 0 Å². The molecule has 4 amide bonds. The van der Waals surface area contributed by atoms with Gasteiger partial charge in [0.05, 0.1) is 11.1 Å². The molecule has 8 heteroatoms. The van der Waals surface area contributed by atoms with Gasteiger partial charge in [-0.1, -0.05) is 0 Å². The maximum absolute atomic E-state index is 12.9. The van der Waals surface area contributed by atoms with Crippen molar-refractivity contribution in [3.05, 3.63) is 29.3 Å². The van der Waals surface area contributed by atoms with Crippen molar-refractivity contribution in [1.82, 2.24) is 10.2 Å². The van der Waals surface area contributed by atoms with E-state index in [-0.39, 0.29) is 24.3 Å². The average molecular weight is 368 g/mol. The minimum Gasteiger partial charge on any atom is -0.369 e. The van der Waals surface area contributed by atoms with Crippen molar-refractivity contribution >= 4 is 29.3 Å². The van der Waals surface area contributed by atoms with Crippen molar-refractivity contribution in [3.63, 3.8) is 0 Å². The zero-order valence-electron chi connectivity index (χ0n) is 14.7. The molecule has 1 aliphatic carbocycles. The molecule has 0 bridgehead atoms. The van der Waals surface area contributed by atoms with E-state index in [1.165, 1.54) is 0 Å². The van der Waals surface area contributed by atoms with Crippen molar-refractivity contribution in [3.8, 4) is 0 Å². The maximum atomic E-state index is 12.9. The van der Waals surface area contributed by atoms with Gasteiger partial charge in [0, 0.05) is 30.7 Å². The first-order chi connectivity index (χ1) is 12.9. The van der Waals surface area contributed by atoms with Crippen LogP contribution in [0, 0.1) is 5.92 Å². The number of carbonyl (C=O) groups is 4. The lowest BCUT2D eigenvalue weighted by Crippen LogP contribution is -2.54. The van der Waals surface area contributed by atoms with Gasteiger partial charge in [-0.05, 0) is 43.4 Å². The number of fused-ring (bicyclic) bond motifs is 2. The van der Waals surface area contributed by atoms with Crippen LogP contribution in [0.25, 0.3) is 0 Å². The molecule has 1 saturated carbocycles. The summed E-state index contributed by atoms with van der Waals surface area (Å²) in [5.41, 5.74) is 7.75. The van der Waals surface area contributed by atoms with Gasteiger partial charge in [0.25, 0.3) is 11.8 Å². The Balaban J connectivity index is 1.43. The number of anilines is 1. The Labute approximate surface area is 155 Å². The van der Waals surface area contributed by atoms with Gasteiger partial charge in [0.15, 0.2) is 0 Å². The molecule has 8 nitrogen and oxygen atoms in total. The Morgan fingerprint density at radius 1 is 1.07 bits per heavy atom. The van der Waals surface area contributed by atoms with E-state index in [4.69, 9.17) is 5.73 Å². The molecule has 27 heavy (non-hydrogen) atoms. The summed E-state index contributed by atoms with van der Waals surface area (Å²) in [6, 6.07) is 4.29. The maximum Gasteiger partial charge on any atom is 0.262 e. The summed E-state index contributed by atoms with van der Waals surface area (Å²) in [6.45, 7) is 1.60. The predicted molar refractivity (Wildman–Crippen MR) is 95.0 cm³/mol. The van der Waals surface area contributed by atoms with Crippen LogP contribution in [0.3, 0.4) is 0 Å². The lowest BCUT2D eigenvalue weighted by molar-refractivity contribution is -0.136. The third kappa shape index (κ3) is 2.26. The fourth-order valence-electron chi connectivity index (χ4n) is 4.74. The number of hydrogen-bond acceptors (Lipinski definition) is 6. The van der Waals surface area contributed by atoms with E-state index >= 15 is 0 Å². The molecule has 4 aliphatic rings. The fourth-order valence-corrected chi connectivity index (χ4v) is 4.74. The third-order valence-corrected chi connectivity index (χ3v) is 6.49. The summed E-state index contributed by atoms with van der Waals surface area (Å²) >= 11 is 0. The van der Waals surface area contributed by atoms with Crippen LogP contribution in [0.1, 0.15) is 46.4 Å². The zero-order chi connectivity index (χ0) is 18.9. The summed E-state index contributed by atoms with van der Waals surface area (Å²) in [5.74, 6) is -1.46. The number of benzene rings is 1. The topological polar surface area (TPSA) is 113 Å². The smallest absolute Gasteiger partial charge is 0.262 e. The minimum absolute atomic E-state index is 0.114. The van der Waals surface area contributed by atoms with Crippen LogP contribution in [-0.4, -0.2) is 53.2 Å². The van der Waals surface area contributed by atoms with Crippen LogP contribution in [0.4, 0.5) is 5.69 Å². The van der Waals surface area contributed by atoms with Crippen molar-refractivity contribution in [2.24, 2.45) is 11.7 Å². The average Bonchev–Trinajstić information content (AvgIpc) is 3.01. The Kier molecular flexibility index (Phi) is 3.28. The zero-order valence-corrected chi connectivity index (χ0v) is 14.7. The molecule has 0 spiro atoms. The number of nitrogens with one attached hydrogen (secondary N) is 1. The first-order valence-electron chi connectivity index (χ1n) is 9.27. The van der Waals surface area contributed by atoms with Gasteiger partial charge in [-0.3, -0.25) is 29.4 Å². The van der Waals surface area contributed by atoms with Gasteiger partial charge < -0.3 is 10.6 Å². The Morgan fingerprint density at radius 2 is 1.85 bits per heavy atom. The molecule has 5 rings (SSSR count). The van der Waals surface area contributed by atoms with E-state index < -0.39 is 23.8 Å².